The van der Waals surface area contributed by atoms with Gasteiger partial charge >= 0.3 is 0 Å². The molecular formula is C12H10F2O2. The zero-order chi connectivity index (χ0) is 11.5. The first-order chi connectivity index (χ1) is 7.65. The van der Waals surface area contributed by atoms with E-state index in [0.717, 1.165) is 6.07 Å². The van der Waals surface area contributed by atoms with E-state index in [9.17, 15) is 13.9 Å². The van der Waals surface area contributed by atoms with Crippen LogP contribution < -0.4 is 0 Å². The first kappa shape index (κ1) is 10.8. The summed E-state index contributed by atoms with van der Waals surface area (Å²) in [5.41, 5.74) is 0.390. The van der Waals surface area contributed by atoms with Gasteiger partial charge in [0.15, 0.2) is 0 Å². The summed E-state index contributed by atoms with van der Waals surface area (Å²) < 4.78 is 30.7. The molecule has 0 bridgehead atoms. The van der Waals surface area contributed by atoms with Gasteiger partial charge in [0, 0.05) is 12.5 Å². The quantitative estimate of drug-likeness (QED) is 0.869. The summed E-state index contributed by atoms with van der Waals surface area (Å²) in [5, 5.41) is 9.71. The Bertz CT molecular complexity index is 446. The van der Waals surface area contributed by atoms with Crippen LogP contribution in [0.1, 0.15) is 17.4 Å². The second-order valence-corrected chi connectivity index (χ2v) is 3.51. The van der Waals surface area contributed by atoms with Crippen LogP contribution in [0.25, 0.3) is 0 Å². The van der Waals surface area contributed by atoms with Crippen LogP contribution in [0.3, 0.4) is 0 Å². The van der Waals surface area contributed by atoms with Crippen molar-refractivity contribution in [1.29, 1.82) is 0 Å². The fourth-order valence-corrected chi connectivity index (χ4v) is 1.53. The third-order valence-corrected chi connectivity index (χ3v) is 2.22. The predicted octanol–water partition coefficient (Wildman–Crippen LogP) is 2.83. The van der Waals surface area contributed by atoms with Gasteiger partial charge in [0.05, 0.1) is 6.26 Å². The van der Waals surface area contributed by atoms with E-state index in [1.54, 1.807) is 12.1 Å². The molecule has 1 aromatic carbocycles. The van der Waals surface area contributed by atoms with Gasteiger partial charge in [-0.25, -0.2) is 8.78 Å². The standard InChI is InChI=1S/C12H10F2O2/c13-9-4-8(5-10(14)7-9)6-11(15)12-2-1-3-16-12/h1-5,7,11,15H,6H2. The molecule has 1 aromatic heterocycles. The molecule has 1 N–H and O–H groups in total. The number of benzene rings is 1. The lowest BCUT2D eigenvalue weighted by Crippen LogP contribution is -2.01. The topological polar surface area (TPSA) is 33.4 Å². The van der Waals surface area contributed by atoms with Gasteiger partial charge in [-0.05, 0) is 29.8 Å². The smallest absolute Gasteiger partial charge is 0.132 e. The van der Waals surface area contributed by atoms with E-state index >= 15 is 0 Å². The molecule has 1 heterocycles. The summed E-state index contributed by atoms with van der Waals surface area (Å²) in [7, 11) is 0. The van der Waals surface area contributed by atoms with Crippen LogP contribution in [0.4, 0.5) is 8.78 Å². The Morgan fingerprint density at radius 3 is 2.44 bits per heavy atom. The second-order valence-electron chi connectivity index (χ2n) is 3.51. The largest absolute Gasteiger partial charge is 0.467 e. The molecule has 0 aliphatic heterocycles. The number of hydrogen-bond acceptors (Lipinski definition) is 2. The van der Waals surface area contributed by atoms with Crippen molar-refractivity contribution in [3.8, 4) is 0 Å². The normalized spacial score (nSPS) is 12.7. The van der Waals surface area contributed by atoms with E-state index in [2.05, 4.69) is 0 Å². The lowest BCUT2D eigenvalue weighted by Gasteiger charge is -2.07. The molecule has 84 valence electrons. The van der Waals surface area contributed by atoms with E-state index in [-0.39, 0.29) is 6.42 Å². The van der Waals surface area contributed by atoms with Crippen LogP contribution in [-0.4, -0.2) is 5.11 Å². The molecule has 2 nitrogen and oxygen atoms in total. The predicted molar refractivity (Wildman–Crippen MR) is 53.7 cm³/mol. The number of aliphatic hydroxyl groups excluding tert-OH is 1. The van der Waals surface area contributed by atoms with Gasteiger partial charge in [0.25, 0.3) is 0 Å². The van der Waals surface area contributed by atoms with Crippen LogP contribution in [-0.2, 0) is 6.42 Å². The van der Waals surface area contributed by atoms with Gasteiger partial charge < -0.3 is 9.52 Å². The first-order valence-corrected chi connectivity index (χ1v) is 4.81. The van der Waals surface area contributed by atoms with Crippen molar-refractivity contribution in [3.05, 3.63) is 59.6 Å². The molecule has 0 amide bonds. The van der Waals surface area contributed by atoms with E-state index in [0.29, 0.717) is 11.3 Å². The maximum absolute atomic E-state index is 12.9. The Kier molecular flexibility index (Phi) is 3.01. The highest BCUT2D eigenvalue weighted by molar-refractivity contribution is 5.20. The molecule has 1 unspecified atom stereocenters. The monoisotopic (exact) mass is 224 g/mol. The molecular weight excluding hydrogens is 214 g/mol. The minimum Gasteiger partial charge on any atom is -0.467 e. The maximum Gasteiger partial charge on any atom is 0.132 e. The molecule has 0 fully saturated rings. The number of aliphatic hydroxyl groups is 1. The van der Waals surface area contributed by atoms with Crippen molar-refractivity contribution in [3.63, 3.8) is 0 Å². The Morgan fingerprint density at radius 1 is 1.19 bits per heavy atom. The second kappa shape index (κ2) is 4.45. The number of halogens is 2. The van der Waals surface area contributed by atoms with Crippen LogP contribution in [0.2, 0.25) is 0 Å². The minimum atomic E-state index is -0.892. The van der Waals surface area contributed by atoms with Gasteiger partial charge in [0.1, 0.15) is 23.5 Å². The molecule has 4 heteroatoms. The van der Waals surface area contributed by atoms with Crippen LogP contribution in [0.15, 0.2) is 41.0 Å². The SMILES string of the molecule is OC(Cc1cc(F)cc(F)c1)c1ccco1. The third kappa shape index (κ3) is 2.46. The average Bonchev–Trinajstić information content (AvgIpc) is 2.68. The van der Waals surface area contributed by atoms with Crippen LogP contribution in [0.5, 0.6) is 0 Å². The molecule has 16 heavy (non-hydrogen) atoms. The first-order valence-electron chi connectivity index (χ1n) is 4.81. The van der Waals surface area contributed by atoms with E-state index in [1.807, 2.05) is 0 Å². The van der Waals surface area contributed by atoms with E-state index < -0.39 is 17.7 Å². The Morgan fingerprint density at radius 2 is 1.88 bits per heavy atom. The Labute approximate surface area is 91.1 Å². The van der Waals surface area contributed by atoms with Crippen molar-refractivity contribution < 1.29 is 18.3 Å². The molecule has 0 saturated heterocycles. The fraction of sp³-hybridized carbons (Fsp3) is 0.167. The zero-order valence-electron chi connectivity index (χ0n) is 8.36. The van der Waals surface area contributed by atoms with Crippen molar-refractivity contribution in [2.75, 3.05) is 0 Å². The van der Waals surface area contributed by atoms with Crippen molar-refractivity contribution in [2.24, 2.45) is 0 Å². The number of hydrogen-bond donors (Lipinski definition) is 1. The fourth-order valence-electron chi connectivity index (χ4n) is 1.53. The average molecular weight is 224 g/mol. The van der Waals surface area contributed by atoms with Gasteiger partial charge in [-0.15, -0.1) is 0 Å². The highest BCUT2D eigenvalue weighted by atomic mass is 19.1. The van der Waals surface area contributed by atoms with Gasteiger partial charge in [-0.1, -0.05) is 0 Å². The lowest BCUT2D eigenvalue weighted by molar-refractivity contribution is 0.150. The molecule has 0 aliphatic rings. The highest BCUT2D eigenvalue weighted by Crippen LogP contribution is 2.19. The summed E-state index contributed by atoms with van der Waals surface area (Å²) in [4.78, 5) is 0. The van der Waals surface area contributed by atoms with Gasteiger partial charge in [-0.3, -0.25) is 0 Å². The van der Waals surface area contributed by atoms with Gasteiger partial charge in [0.2, 0.25) is 0 Å². The minimum absolute atomic E-state index is 0.113. The highest BCUT2D eigenvalue weighted by Gasteiger charge is 2.12. The summed E-state index contributed by atoms with van der Waals surface area (Å²) in [6, 6.07) is 6.43. The van der Waals surface area contributed by atoms with Crippen molar-refractivity contribution in [1.82, 2.24) is 0 Å². The molecule has 1 atom stereocenters. The molecule has 0 spiro atoms. The van der Waals surface area contributed by atoms with Crippen LogP contribution >= 0.6 is 0 Å². The molecule has 0 radical (unpaired) electrons. The summed E-state index contributed by atoms with van der Waals surface area (Å²) >= 11 is 0. The Hall–Kier alpha value is -1.68. The van der Waals surface area contributed by atoms with Crippen LogP contribution in [0, 0.1) is 11.6 Å². The number of rotatable bonds is 3. The Balaban J connectivity index is 2.15. The summed E-state index contributed by atoms with van der Waals surface area (Å²) in [6.45, 7) is 0. The van der Waals surface area contributed by atoms with Gasteiger partial charge in [-0.2, -0.15) is 0 Å². The molecule has 0 aliphatic carbocycles. The molecule has 2 aromatic rings. The molecule has 0 saturated carbocycles. The zero-order valence-corrected chi connectivity index (χ0v) is 8.36. The summed E-state index contributed by atoms with van der Waals surface area (Å²) in [5.74, 6) is -0.923. The molecule has 2 rings (SSSR count). The van der Waals surface area contributed by atoms with E-state index in [1.165, 1.54) is 18.4 Å². The number of furan rings is 1. The van der Waals surface area contributed by atoms with Crippen molar-refractivity contribution in [2.45, 2.75) is 12.5 Å². The lowest BCUT2D eigenvalue weighted by atomic mass is 10.1. The summed E-state index contributed by atoms with van der Waals surface area (Å²) in [6.07, 6.45) is 0.656. The third-order valence-electron chi connectivity index (χ3n) is 2.22. The van der Waals surface area contributed by atoms with Crippen molar-refractivity contribution >= 4 is 0 Å². The van der Waals surface area contributed by atoms with E-state index in [4.69, 9.17) is 4.42 Å². The maximum atomic E-state index is 12.9.